The number of rotatable bonds is 7. The van der Waals surface area contributed by atoms with Crippen molar-refractivity contribution in [2.45, 2.75) is 13.3 Å². The average Bonchev–Trinajstić information content (AvgIpc) is 3.05. The number of ether oxygens (including phenoxy) is 2. The Morgan fingerprint density at radius 3 is 2.77 bits per heavy atom. The van der Waals surface area contributed by atoms with Gasteiger partial charge in [0.2, 0.25) is 5.95 Å². The van der Waals surface area contributed by atoms with Gasteiger partial charge in [-0.3, -0.25) is 0 Å². The van der Waals surface area contributed by atoms with Gasteiger partial charge in [-0.25, -0.2) is 4.98 Å². The summed E-state index contributed by atoms with van der Waals surface area (Å²) in [6.45, 7) is 4.83. The molecule has 2 N–H and O–H groups in total. The molecule has 0 unspecified atom stereocenters. The first-order chi connectivity index (χ1) is 12.6. The van der Waals surface area contributed by atoms with E-state index in [4.69, 9.17) is 9.47 Å². The van der Waals surface area contributed by atoms with Gasteiger partial charge in [-0.05, 0) is 39.1 Å². The molecule has 1 aromatic carbocycles. The van der Waals surface area contributed by atoms with E-state index in [-0.39, 0.29) is 0 Å². The van der Waals surface area contributed by atoms with E-state index in [1.54, 1.807) is 7.11 Å². The zero-order valence-electron chi connectivity index (χ0n) is 15.9. The predicted octanol–water partition coefficient (Wildman–Crippen LogP) is 2.91. The fraction of sp³-hybridized carbons (Fsp3) is 0.474. The fourth-order valence-corrected chi connectivity index (χ4v) is 3.12. The Hall–Kier alpha value is -2.54. The summed E-state index contributed by atoms with van der Waals surface area (Å²) >= 11 is 0. The van der Waals surface area contributed by atoms with Crippen LogP contribution in [0.1, 0.15) is 12.1 Å². The van der Waals surface area contributed by atoms with Gasteiger partial charge in [0.15, 0.2) is 11.5 Å². The number of anilines is 3. The van der Waals surface area contributed by atoms with Crippen molar-refractivity contribution in [3.05, 3.63) is 30.0 Å². The first-order valence-corrected chi connectivity index (χ1v) is 8.87. The fourth-order valence-electron chi connectivity index (χ4n) is 3.12. The standard InChI is InChI=1S/C19H27N5O2/c1-13-9-18(20-2)23-19(21-13)22-15-5-6-16(25-4)17(10-15)26-12-14-7-8-24(3)11-14/h5-6,9-10,14H,7-8,11-12H2,1-4H3,(H2,20,21,22,23)/t14-/m1/s1. The van der Waals surface area contributed by atoms with Crippen LogP contribution in [-0.4, -0.2) is 55.8 Å². The molecule has 0 aliphatic carbocycles. The monoisotopic (exact) mass is 357 g/mol. The largest absolute Gasteiger partial charge is 0.493 e. The average molecular weight is 357 g/mol. The maximum atomic E-state index is 6.06. The summed E-state index contributed by atoms with van der Waals surface area (Å²) in [7, 11) is 5.64. The van der Waals surface area contributed by atoms with Crippen LogP contribution in [0.3, 0.4) is 0 Å². The summed E-state index contributed by atoms with van der Waals surface area (Å²) in [5.41, 5.74) is 1.75. The van der Waals surface area contributed by atoms with E-state index in [1.165, 1.54) is 6.42 Å². The summed E-state index contributed by atoms with van der Waals surface area (Å²) in [6, 6.07) is 7.65. The lowest BCUT2D eigenvalue weighted by atomic mass is 10.1. The van der Waals surface area contributed by atoms with E-state index in [0.29, 0.717) is 18.5 Å². The van der Waals surface area contributed by atoms with Gasteiger partial charge in [-0.15, -0.1) is 0 Å². The quantitative estimate of drug-likeness (QED) is 0.789. The third-order valence-electron chi connectivity index (χ3n) is 4.49. The van der Waals surface area contributed by atoms with E-state index in [0.717, 1.165) is 41.8 Å². The second-order valence-electron chi connectivity index (χ2n) is 6.69. The third kappa shape index (κ3) is 4.54. The molecule has 1 atom stereocenters. The highest BCUT2D eigenvalue weighted by Gasteiger charge is 2.20. The third-order valence-corrected chi connectivity index (χ3v) is 4.49. The molecule has 1 saturated heterocycles. The lowest BCUT2D eigenvalue weighted by molar-refractivity contribution is 0.238. The minimum atomic E-state index is 0.544. The molecule has 2 heterocycles. The van der Waals surface area contributed by atoms with Crippen LogP contribution in [0.5, 0.6) is 11.5 Å². The van der Waals surface area contributed by atoms with Gasteiger partial charge < -0.3 is 25.0 Å². The highest BCUT2D eigenvalue weighted by Crippen LogP contribution is 2.32. The predicted molar refractivity (Wildman–Crippen MR) is 104 cm³/mol. The molecule has 0 bridgehead atoms. The van der Waals surface area contributed by atoms with E-state index < -0.39 is 0 Å². The van der Waals surface area contributed by atoms with Crippen LogP contribution >= 0.6 is 0 Å². The Labute approximate surface area is 154 Å². The van der Waals surface area contributed by atoms with Crippen LogP contribution in [0.4, 0.5) is 17.5 Å². The number of nitrogens with zero attached hydrogens (tertiary/aromatic N) is 3. The molecule has 0 saturated carbocycles. The van der Waals surface area contributed by atoms with Gasteiger partial charge >= 0.3 is 0 Å². The summed E-state index contributed by atoms with van der Waals surface area (Å²) < 4.78 is 11.5. The Bertz CT molecular complexity index is 753. The van der Waals surface area contributed by atoms with Crippen molar-refractivity contribution in [2.75, 3.05) is 51.5 Å². The smallest absolute Gasteiger partial charge is 0.229 e. The molecular weight excluding hydrogens is 330 g/mol. The molecule has 0 radical (unpaired) electrons. The molecule has 1 aliphatic heterocycles. The molecule has 2 aromatic rings. The number of aromatic nitrogens is 2. The first-order valence-electron chi connectivity index (χ1n) is 8.87. The molecule has 1 fully saturated rings. The number of methoxy groups -OCH3 is 1. The molecule has 7 heteroatoms. The second-order valence-corrected chi connectivity index (χ2v) is 6.69. The molecule has 1 aliphatic rings. The summed E-state index contributed by atoms with van der Waals surface area (Å²) in [6.07, 6.45) is 1.17. The minimum absolute atomic E-state index is 0.544. The highest BCUT2D eigenvalue weighted by molar-refractivity contribution is 5.60. The summed E-state index contributed by atoms with van der Waals surface area (Å²) in [5, 5.41) is 6.28. The lowest BCUT2D eigenvalue weighted by Gasteiger charge is -2.16. The van der Waals surface area contributed by atoms with Crippen LogP contribution in [0.15, 0.2) is 24.3 Å². The van der Waals surface area contributed by atoms with Crippen LogP contribution in [0, 0.1) is 12.8 Å². The van der Waals surface area contributed by atoms with Gasteiger partial charge in [0.25, 0.3) is 0 Å². The van der Waals surface area contributed by atoms with Crippen LogP contribution in [0.2, 0.25) is 0 Å². The zero-order chi connectivity index (χ0) is 18.5. The number of nitrogens with one attached hydrogen (secondary N) is 2. The molecule has 26 heavy (non-hydrogen) atoms. The first kappa shape index (κ1) is 18.3. The van der Waals surface area contributed by atoms with Gasteiger partial charge in [-0.1, -0.05) is 0 Å². The molecule has 140 valence electrons. The van der Waals surface area contributed by atoms with Crippen LogP contribution < -0.4 is 20.1 Å². The van der Waals surface area contributed by atoms with Gasteiger partial charge in [-0.2, -0.15) is 4.98 Å². The summed E-state index contributed by atoms with van der Waals surface area (Å²) in [5.74, 6) is 3.33. The number of benzene rings is 1. The second kappa shape index (κ2) is 8.23. The van der Waals surface area contributed by atoms with Crippen LogP contribution in [-0.2, 0) is 0 Å². The highest BCUT2D eigenvalue weighted by atomic mass is 16.5. The topological polar surface area (TPSA) is 71.5 Å². The minimum Gasteiger partial charge on any atom is -0.493 e. The molecule has 0 spiro atoms. The Balaban J connectivity index is 1.73. The SMILES string of the molecule is CNc1cc(C)nc(Nc2ccc(OC)c(OC[C@@H]3CCN(C)C3)c2)n1. The molecule has 1 aromatic heterocycles. The van der Waals surface area contributed by atoms with E-state index >= 15 is 0 Å². The normalized spacial score (nSPS) is 17.2. The maximum Gasteiger partial charge on any atom is 0.229 e. The Kier molecular flexibility index (Phi) is 5.78. The van der Waals surface area contributed by atoms with Gasteiger partial charge in [0.05, 0.1) is 13.7 Å². The van der Waals surface area contributed by atoms with Crippen molar-refractivity contribution in [3.8, 4) is 11.5 Å². The summed E-state index contributed by atoms with van der Waals surface area (Å²) in [4.78, 5) is 11.2. The van der Waals surface area contributed by atoms with Crippen molar-refractivity contribution in [1.82, 2.24) is 14.9 Å². The van der Waals surface area contributed by atoms with Crippen molar-refractivity contribution < 1.29 is 9.47 Å². The van der Waals surface area contributed by atoms with E-state index in [1.807, 2.05) is 38.2 Å². The zero-order valence-corrected chi connectivity index (χ0v) is 15.9. The lowest BCUT2D eigenvalue weighted by Crippen LogP contribution is -2.18. The molecular formula is C19H27N5O2. The van der Waals surface area contributed by atoms with Gasteiger partial charge in [0.1, 0.15) is 5.82 Å². The molecule has 3 rings (SSSR count). The number of aryl methyl sites for hydroxylation is 1. The molecule has 0 amide bonds. The maximum absolute atomic E-state index is 6.06. The molecule has 7 nitrogen and oxygen atoms in total. The number of hydrogen-bond donors (Lipinski definition) is 2. The Morgan fingerprint density at radius 1 is 1.23 bits per heavy atom. The van der Waals surface area contributed by atoms with Crippen molar-refractivity contribution in [3.63, 3.8) is 0 Å². The Morgan fingerprint density at radius 2 is 2.08 bits per heavy atom. The van der Waals surface area contributed by atoms with Crippen molar-refractivity contribution in [2.24, 2.45) is 5.92 Å². The van der Waals surface area contributed by atoms with Gasteiger partial charge in [0, 0.05) is 43.0 Å². The van der Waals surface area contributed by atoms with Crippen molar-refractivity contribution >= 4 is 17.5 Å². The van der Waals surface area contributed by atoms with E-state index in [2.05, 4.69) is 32.5 Å². The van der Waals surface area contributed by atoms with E-state index in [9.17, 15) is 0 Å². The van der Waals surface area contributed by atoms with Crippen LogP contribution in [0.25, 0.3) is 0 Å². The van der Waals surface area contributed by atoms with Crippen molar-refractivity contribution in [1.29, 1.82) is 0 Å². The number of hydrogen-bond acceptors (Lipinski definition) is 7. The number of likely N-dealkylation sites (tertiary alicyclic amines) is 1.